The molecule has 1 N–H and O–H groups in total. The second-order valence-electron chi connectivity index (χ2n) is 10.8. The van der Waals surface area contributed by atoms with Crippen LogP contribution in [-0.2, 0) is 14.3 Å². The fourth-order valence-corrected chi connectivity index (χ4v) is 5.85. The molecular formula is C24H32N2O4. The molecule has 0 heterocycles. The van der Waals surface area contributed by atoms with Gasteiger partial charge in [0.2, 0.25) is 0 Å². The topological polar surface area (TPSA) is 96.3 Å². The Morgan fingerprint density at radius 3 is 2.53 bits per heavy atom. The Balaban J connectivity index is 2.02. The second kappa shape index (κ2) is 7.08. The Bertz CT molecular complexity index is 899. The summed E-state index contributed by atoms with van der Waals surface area (Å²) in [5.74, 6) is -0.0858. The number of hydrogen-bond donors (Lipinski definition) is 1. The number of amides is 1. The summed E-state index contributed by atoms with van der Waals surface area (Å²) in [6.45, 7) is 11.7. The van der Waals surface area contributed by atoms with E-state index in [2.05, 4.69) is 11.4 Å². The molecule has 0 bridgehead atoms. The van der Waals surface area contributed by atoms with E-state index in [0.717, 1.165) is 18.4 Å². The zero-order chi connectivity index (χ0) is 22.5. The monoisotopic (exact) mass is 412 g/mol. The number of rotatable bonds is 2. The molecule has 30 heavy (non-hydrogen) atoms. The number of ether oxygens (including phenoxy) is 1. The number of hydrogen-bond acceptors (Lipinski definition) is 5. The number of Topliss-reactive ketones (excluding diaryl/α,β-unsaturated/α-hetero) is 1. The highest BCUT2D eigenvalue weighted by atomic mass is 16.6. The lowest BCUT2D eigenvalue weighted by Gasteiger charge is -2.58. The van der Waals surface area contributed by atoms with Crippen molar-refractivity contribution in [2.24, 2.45) is 22.2 Å². The third-order valence-electron chi connectivity index (χ3n) is 7.18. The summed E-state index contributed by atoms with van der Waals surface area (Å²) in [7, 11) is 0. The van der Waals surface area contributed by atoms with Crippen LogP contribution in [0.15, 0.2) is 23.3 Å². The van der Waals surface area contributed by atoms with Gasteiger partial charge in [-0.2, -0.15) is 5.26 Å². The minimum atomic E-state index is -0.694. The van der Waals surface area contributed by atoms with Crippen LogP contribution < -0.4 is 5.32 Å². The maximum Gasteiger partial charge on any atom is 0.407 e. The second-order valence-corrected chi connectivity index (χ2v) is 10.8. The lowest BCUT2D eigenvalue weighted by Crippen LogP contribution is -2.56. The minimum absolute atomic E-state index is 0.0126. The summed E-state index contributed by atoms with van der Waals surface area (Å²) in [6, 6.07) is 2.07. The number of nitriles is 1. The number of nitrogens with zero attached hydrogens (tertiary/aromatic N) is 1. The molecule has 0 saturated heterocycles. The molecule has 162 valence electrons. The fourth-order valence-electron chi connectivity index (χ4n) is 5.85. The van der Waals surface area contributed by atoms with E-state index in [1.165, 1.54) is 0 Å². The minimum Gasteiger partial charge on any atom is -0.444 e. The molecule has 3 aliphatic carbocycles. The van der Waals surface area contributed by atoms with Crippen LogP contribution in [0, 0.1) is 33.5 Å². The van der Waals surface area contributed by atoms with Crippen molar-refractivity contribution >= 4 is 17.7 Å². The summed E-state index contributed by atoms with van der Waals surface area (Å²) in [5.41, 5.74) is -1.16. The van der Waals surface area contributed by atoms with E-state index < -0.39 is 22.5 Å². The van der Waals surface area contributed by atoms with Gasteiger partial charge in [0.1, 0.15) is 11.7 Å². The zero-order valence-electron chi connectivity index (χ0n) is 18.8. The first-order chi connectivity index (χ1) is 13.7. The van der Waals surface area contributed by atoms with Crippen LogP contribution in [0.3, 0.4) is 0 Å². The van der Waals surface area contributed by atoms with Crippen LogP contribution in [0.25, 0.3) is 0 Å². The summed E-state index contributed by atoms with van der Waals surface area (Å²) in [6.07, 6.45) is 5.63. The average Bonchev–Trinajstić information content (AvgIpc) is 2.63. The van der Waals surface area contributed by atoms with E-state index in [1.54, 1.807) is 12.2 Å². The molecule has 0 radical (unpaired) electrons. The fraction of sp³-hybridized carbons (Fsp3) is 0.667. The van der Waals surface area contributed by atoms with Gasteiger partial charge >= 0.3 is 6.09 Å². The summed E-state index contributed by atoms with van der Waals surface area (Å²) >= 11 is 0. The third kappa shape index (κ3) is 3.59. The standard InChI is InChI=1S/C24H32N2O4/c1-21(2,3)30-20(29)26-14-24-9-7-16(27)11-18(24)23(6)12-15(13-25)19(28)22(4,5)17(23)8-10-24/h11-12,17H,7-10,14H2,1-6H3,(H,26,29)/t17-,23-,24+/m0/s1. The molecule has 0 aromatic carbocycles. The number of ketones is 2. The van der Waals surface area contributed by atoms with Crippen LogP contribution >= 0.6 is 0 Å². The number of nitrogens with one attached hydrogen (secondary N) is 1. The highest BCUT2D eigenvalue weighted by molar-refractivity contribution is 6.04. The van der Waals surface area contributed by atoms with E-state index >= 15 is 0 Å². The van der Waals surface area contributed by atoms with Crippen LogP contribution in [0.1, 0.15) is 67.2 Å². The first kappa shape index (κ1) is 22.3. The normalized spacial score (nSPS) is 32.8. The van der Waals surface area contributed by atoms with Crippen molar-refractivity contribution in [2.75, 3.05) is 6.54 Å². The lowest BCUT2D eigenvalue weighted by atomic mass is 9.44. The number of fused-ring (bicyclic) bond motifs is 3. The lowest BCUT2D eigenvalue weighted by molar-refractivity contribution is -0.130. The van der Waals surface area contributed by atoms with Crippen molar-refractivity contribution in [3.05, 3.63) is 23.3 Å². The van der Waals surface area contributed by atoms with Gasteiger partial charge < -0.3 is 10.1 Å². The molecule has 6 heteroatoms. The van der Waals surface area contributed by atoms with Crippen molar-refractivity contribution in [3.63, 3.8) is 0 Å². The molecule has 6 nitrogen and oxygen atoms in total. The van der Waals surface area contributed by atoms with Crippen LogP contribution in [0.4, 0.5) is 4.79 Å². The molecule has 0 spiro atoms. The van der Waals surface area contributed by atoms with Gasteiger partial charge in [-0.3, -0.25) is 9.59 Å². The number of allylic oxidation sites excluding steroid dienone is 3. The molecule has 1 saturated carbocycles. The third-order valence-corrected chi connectivity index (χ3v) is 7.18. The predicted molar refractivity (Wildman–Crippen MR) is 112 cm³/mol. The number of carbonyl (C=O) groups excluding carboxylic acids is 3. The Morgan fingerprint density at radius 2 is 1.93 bits per heavy atom. The van der Waals surface area contributed by atoms with E-state index in [4.69, 9.17) is 4.74 Å². The first-order valence-corrected chi connectivity index (χ1v) is 10.7. The maximum atomic E-state index is 12.9. The van der Waals surface area contributed by atoms with Crippen LogP contribution in [-0.4, -0.2) is 29.8 Å². The molecular weight excluding hydrogens is 380 g/mol. The highest BCUT2D eigenvalue weighted by Crippen LogP contribution is 2.63. The quantitative estimate of drug-likeness (QED) is 0.731. The largest absolute Gasteiger partial charge is 0.444 e. The number of carbonyl (C=O) groups is 3. The van der Waals surface area contributed by atoms with Gasteiger partial charge in [-0.05, 0) is 57.6 Å². The summed E-state index contributed by atoms with van der Waals surface area (Å²) in [5, 5.41) is 12.5. The Morgan fingerprint density at radius 1 is 1.27 bits per heavy atom. The van der Waals surface area contributed by atoms with Crippen LogP contribution in [0.5, 0.6) is 0 Å². The molecule has 0 aromatic heterocycles. The zero-order valence-corrected chi connectivity index (χ0v) is 18.8. The maximum absolute atomic E-state index is 12.9. The summed E-state index contributed by atoms with van der Waals surface area (Å²) in [4.78, 5) is 37.6. The summed E-state index contributed by atoms with van der Waals surface area (Å²) < 4.78 is 5.40. The van der Waals surface area contributed by atoms with Gasteiger partial charge in [0.05, 0.1) is 5.57 Å². The number of alkyl carbamates (subject to hydrolysis) is 1. The smallest absolute Gasteiger partial charge is 0.407 e. The van der Waals surface area contributed by atoms with Gasteiger partial charge in [-0.15, -0.1) is 0 Å². The van der Waals surface area contributed by atoms with Crippen molar-refractivity contribution in [3.8, 4) is 6.07 Å². The Labute approximate surface area is 178 Å². The molecule has 3 rings (SSSR count). The van der Waals surface area contributed by atoms with E-state index in [0.29, 0.717) is 19.4 Å². The highest BCUT2D eigenvalue weighted by Gasteiger charge is 2.59. The molecule has 3 aliphatic rings. The van der Waals surface area contributed by atoms with Gasteiger partial charge in [-0.25, -0.2) is 4.79 Å². The first-order valence-electron chi connectivity index (χ1n) is 10.7. The molecule has 1 amide bonds. The van der Waals surface area contributed by atoms with Gasteiger partial charge in [-0.1, -0.05) is 26.8 Å². The van der Waals surface area contributed by atoms with E-state index in [1.807, 2.05) is 41.5 Å². The predicted octanol–water partition coefficient (Wildman–Crippen LogP) is 4.26. The molecule has 0 unspecified atom stereocenters. The van der Waals surface area contributed by atoms with E-state index in [-0.39, 0.29) is 28.5 Å². The van der Waals surface area contributed by atoms with E-state index in [9.17, 15) is 19.6 Å². The van der Waals surface area contributed by atoms with Crippen molar-refractivity contribution in [1.82, 2.24) is 5.32 Å². The molecule has 0 aromatic rings. The van der Waals surface area contributed by atoms with Crippen molar-refractivity contribution < 1.29 is 19.1 Å². The Hall–Kier alpha value is -2.42. The van der Waals surface area contributed by atoms with Gasteiger partial charge in [0.25, 0.3) is 0 Å². The average molecular weight is 413 g/mol. The van der Waals surface area contributed by atoms with Crippen LogP contribution in [0.2, 0.25) is 0 Å². The van der Waals surface area contributed by atoms with Gasteiger partial charge in [0, 0.05) is 29.2 Å². The van der Waals surface area contributed by atoms with Crippen molar-refractivity contribution in [2.45, 2.75) is 72.8 Å². The van der Waals surface area contributed by atoms with Gasteiger partial charge in [0.15, 0.2) is 11.6 Å². The van der Waals surface area contributed by atoms with Crippen molar-refractivity contribution in [1.29, 1.82) is 5.26 Å². The molecule has 3 atom stereocenters. The SMILES string of the molecule is CC(C)(C)OC(=O)NC[C@]12CCC(=O)C=C1[C@@]1(C)C=C(C#N)C(=O)C(C)(C)[C@@H]1CC2. The molecule has 1 fully saturated rings. The molecule has 0 aliphatic heterocycles. The Kier molecular flexibility index (Phi) is 5.25.